The van der Waals surface area contributed by atoms with Crippen molar-refractivity contribution in [2.75, 3.05) is 36.0 Å². The van der Waals surface area contributed by atoms with Gasteiger partial charge in [-0.3, -0.25) is 14.4 Å². The van der Waals surface area contributed by atoms with E-state index in [9.17, 15) is 19.5 Å². The summed E-state index contributed by atoms with van der Waals surface area (Å²) in [4.78, 5) is 49.2. The molecule has 0 radical (unpaired) electrons. The zero-order valence-corrected chi connectivity index (χ0v) is 26.8. The van der Waals surface area contributed by atoms with E-state index in [1.165, 1.54) is 0 Å². The molecule has 3 saturated heterocycles. The van der Waals surface area contributed by atoms with Crippen LogP contribution in [0.3, 0.4) is 0 Å². The van der Waals surface area contributed by atoms with E-state index in [1.807, 2.05) is 67.3 Å². The molecule has 1 N–H and O–H groups in total. The smallest absolute Gasteiger partial charge is 0.251 e. The molecule has 0 saturated carbocycles. The normalized spacial score (nSPS) is 25.2. The summed E-state index contributed by atoms with van der Waals surface area (Å²) < 4.78 is -0.669. The molecule has 3 heterocycles. The van der Waals surface area contributed by atoms with Crippen molar-refractivity contribution in [2.45, 2.75) is 68.4 Å². The van der Waals surface area contributed by atoms with Gasteiger partial charge >= 0.3 is 0 Å². The van der Waals surface area contributed by atoms with Crippen molar-refractivity contribution in [2.24, 2.45) is 11.8 Å². The highest BCUT2D eigenvalue weighted by Gasteiger charge is 2.74. The fourth-order valence-corrected chi connectivity index (χ4v) is 9.74. The predicted octanol–water partition coefficient (Wildman–Crippen LogP) is 5.69. The summed E-state index contributed by atoms with van der Waals surface area (Å²) >= 11 is 1.70. The average Bonchev–Trinajstić information content (AvgIpc) is 3.67. The molecule has 3 aliphatic heterocycles. The number of likely N-dealkylation sites (tertiary alicyclic amines) is 1. The minimum atomic E-state index is -0.671. The molecule has 1 spiro atoms. The first-order valence-corrected chi connectivity index (χ1v) is 16.7. The summed E-state index contributed by atoms with van der Waals surface area (Å²) in [5.74, 6) is -1.32. The minimum absolute atomic E-state index is 0.0250. The first-order valence-electron chi connectivity index (χ1n) is 15.8. The maximum atomic E-state index is 14.9. The summed E-state index contributed by atoms with van der Waals surface area (Å²) in [6.45, 7) is 13.1. The molecule has 8 heteroatoms. The van der Waals surface area contributed by atoms with Gasteiger partial charge < -0.3 is 19.8 Å². The van der Waals surface area contributed by atoms with Crippen molar-refractivity contribution in [3.63, 3.8) is 0 Å². The Balaban J connectivity index is 1.54. The quantitative estimate of drug-likeness (QED) is 0.218. The van der Waals surface area contributed by atoms with Crippen molar-refractivity contribution in [3.05, 3.63) is 85.0 Å². The zero-order valence-electron chi connectivity index (χ0n) is 26.0. The van der Waals surface area contributed by atoms with Gasteiger partial charge in [0.2, 0.25) is 11.8 Å². The van der Waals surface area contributed by atoms with E-state index in [0.717, 1.165) is 61.0 Å². The molecule has 2 aromatic carbocycles. The van der Waals surface area contributed by atoms with E-state index in [1.54, 1.807) is 33.7 Å². The zero-order chi connectivity index (χ0) is 31.4. The van der Waals surface area contributed by atoms with Crippen LogP contribution in [0.25, 0.3) is 0 Å². The molecule has 3 fully saturated rings. The average molecular weight is 616 g/mol. The van der Waals surface area contributed by atoms with Crippen LogP contribution in [0.4, 0.5) is 11.4 Å². The van der Waals surface area contributed by atoms with Crippen molar-refractivity contribution < 1.29 is 19.5 Å². The lowest BCUT2D eigenvalue weighted by atomic mass is 9.70. The van der Waals surface area contributed by atoms with Gasteiger partial charge in [0, 0.05) is 42.9 Å². The summed E-state index contributed by atoms with van der Waals surface area (Å²) in [5.41, 5.74) is 3.65. The second-order valence-electron chi connectivity index (χ2n) is 12.3. The van der Waals surface area contributed by atoms with Crippen LogP contribution >= 0.6 is 11.8 Å². The number of nitrogens with zero attached hydrogens (tertiary/aromatic N) is 3. The Morgan fingerprint density at radius 3 is 2.41 bits per heavy atom. The molecule has 3 aliphatic rings. The van der Waals surface area contributed by atoms with Crippen molar-refractivity contribution >= 4 is 40.9 Å². The molecule has 7 nitrogen and oxygen atoms in total. The number of anilines is 2. The predicted molar refractivity (Wildman–Crippen MR) is 179 cm³/mol. The van der Waals surface area contributed by atoms with Crippen LogP contribution in [0, 0.1) is 25.7 Å². The van der Waals surface area contributed by atoms with E-state index in [-0.39, 0.29) is 29.6 Å². The highest BCUT2D eigenvalue weighted by molar-refractivity contribution is 8.02. The van der Waals surface area contributed by atoms with Crippen molar-refractivity contribution in [1.29, 1.82) is 0 Å². The SMILES string of the molecule is C=CCN(C(=O)[C@@H]1[C@H]2C(=O)N(CCCCCCO)C(C(=O)N(CC=C)c3cc(C)ccc3C)C23CC[C@H]1S3)c1ccccc1. The Morgan fingerprint density at radius 2 is 1.70 bits per heavy atom. The Kier molecular flexibility index (Phi) is 10.0. The third kappa shape index (κ3) is 5.74. The Hall–Kier alpha value is -3.36. The maximum absolute atomic E-state index is 14.9. The monoisotopic (exact) mass is 615 g/mol. The number of unbranched alkanes of at least 4 members (excludes halogenated alkanes) is 3. The van der Waals surface area contributed by atoms with Gasteiger partial charge in [0.05, 0.1) is 16.6 Å². The van der Waals surface area contributed by atoms with Gasteiger partial charge in [0.1, 0.15) is 6.04 Å². The summed E-state index contributed by atoms with van der Waals surface area (Å²) in [7, 11) is 0. The fourth-order valence-electron chi connectivity index (χ4n) is 7.54. The van der Waals surface area contributed by atoms with E-state index in [0.29, 0.717) is 19.6 Å². The van der Waals surface area contributed by atoms with Crippen molar-refractivity contribution in [1.82, 2.24) is 4.90 Å². The maximum Gasteiger partial charge on any atom is 0.251 e. The minimum Gasteiger partial charge on any atom is -0.396 e. The number of aryl methyl sites for hydroxylation is 2. The lowest BCUT2D eigenvalue weighted by molar-refractivity contribution is -0.139. The van der Waals surface area contributed by atoms with E-state index in [2.05, 4.69) is 13.2 Å². The second kappa shape index (κ2) is 13.7. The third-order valence-electron chi connectivity index (χ3n) is 9.51. The van der Waals surface area contributed by atoms with Crippen LogP contribution in [0.2, 0.25) is 0 Å². The van der Waals surface area contributed by atoms with Crippen LogP contribution in [0.5, 0.6) is 0 Å². The molecule has 2 aromatic rings. The Morgan fingerprint density at radius 1 is 1.00 bits per heavy atom. The van der Waals surface area contributed by atoms with E-state index >= 15 is 0 Å². The molecule has 234 valence electrons. The molecule has 2 unspecified atom stereocenters. The molecule has 2 bridgehead atoms. The third-order valence-corrected chi connectivity index (χ3v) is 11.5. The van der Waals surface area contributed by atoms with Crippen molar-refractivity contribution in [3.8, 4) is 0 Å². The second-order valence-corrected chi connectivity index (χ2v) is 13.9. The summed E-state index contributed by atoms with van der Waals surface area (Å²) in [5, 5.41) is 9.23. The number of thioether (sulfide) groups is 1. The van der Waals surface area contributed by atoms with Crippen LogP contribution in [-0.2, 0) is 14.4 Å². The number of amides is 3. The molecular weight excluding hydrogens is 570 g/mol. The fraction of sp³-hybridized carbons (Fsp3) is 0.472. The number of rotatable bonds is 14. The lowest BCUT2D eigenvalue weighted by Crippen LogP contribution is -2.55. The largest absolute Gasteiger partial charge is 0.396 e. The standard InChI is InChI=1S/C36H45N3O4S/c1-5-20-37(27-14-10-9-11-15-27)33(41)30-29-18-19-36(44-29)31(30)34(42)39(22-12-7-8-13-23-40)32(36)35(43)38(21-6-2)28-24-25(3)16-17-26(28)4/h5-6,9-11,14-17,24,29-32,40H,1-2,7-8,12-13,18-23H2,3-4H3/t29-,30+,31+,32?,36?/m1/s1. The first kappa shape index (κ1) is 32.0. The topological polar surface area (TPSA) is 81.2 Å². The van der Waals surface area contributed by atoms with Gasteiger partial charge in [-0.1, -0.05) is 55.3 Å². The number of benzene rings is 2. The van der Waals surface area contributed by atoms with E-state index < -0.39 is 22.6 Å². The molecule has 5 atom stereocenters. The number of para-hydroxylation sites is 1. The highest BCUT2D eigenvalue weighted by atomic mass is 32.2. The number of aliphatic hydroxyl groups is 1. The Bertz CT molecular complexity index is 1400. The number of hydrogen-bond donors (Lipinski definition) is 1. The number of carbonyl (C=O) groups excluding carboxylic acids is 3. The molecule has 44 heavy (non-hydrogen) atoms. The Labute approximate surface area is 266 Å². The summed E-state index contributed by atoms with van der Waals surface area (Å²) in [6.07, 6.45) is 8.15. The van der Waals surface area contributed by atoms with Gasteiger partial charge in [-0.15, -0.1) is 24.9 Å². The van der Waals surface area contributed by atoms with Gasteiger partial charge in [-0.2, -0.15) is 0 Å². The van der Waals surface area contributed by atoms with Gasteiger partial charge in [-0.05, 0) is 68.9 Å². The molecule has 5 rings (SSSR count). The van der Waals surface area contributed by atoms with Crippen LogP contribution in [-0.4, -0.2) is 70.0 Å². The first-order chi connectivity index (χ1) is 21.3. The lowest BCUT2D eigenvalue weighted by Gasteiger charge is -2.38. The number of aliphatic hydroxyl groups excluding tert-OH is 1. The van der Waals surface area contributed by atoms with Gasteiger partial charge in [0.15, 0.2) is 0 Å². The number of hydrogen-bond acceptors (Lipinski definition) is 5. The number of carbonyl (C=O) groups is 3. The number of fused-ring (bicyclic) bond motifs is 1. The van der Waals surface area contributed by atoms with E-state index in [4.69, 9.17) is 0 Å². The van der Waals surface area contributed by atoms with Gasteiger partial charge in [-0.25, -0.2) is 0 Å². The highest BCUT2D eigenvalue weighted by Crippen LogP contribution is 2.67. The van der Waals surface area contributed by atoms with Crippen LogP contribution in [0.1, 0.15) is 49.7 Å². The molecular formula is C36H45N3O4S. The van der Waals surface area contributed by atoms with Crippen LogP contribution in [0.15, 0.2) is 73.8 Å². The van der Waals surface area contributed by atoms with Crippen LogP contribution < -0.4 is 9.80 Å². The molecule has 3 amide bonds. The summed E-state index contributed by atoms with van der Waals surface area (Å²) in [6, 6.07) is 15.0. The van der Waals surface area contributed by atoms with Gasteiger partial charge in [0.25, 0.3) is 5.91 Å². The molecule has 0 aromatic heterocycles. The molecule has 0 aliphatic carbocycles.